The van der Waals surface area contributed by atoms with Crippen LogP contribution >= 0.6 is 0 Å². The first-order valence-corrected chi connectivity index (χ1v) is 12.0. The van der Waals surface area contributed by atoms with E-state index >= 15 is 0 Å². The van der Waals surface area contributed by atoms with Crippen LogP contribution in [-0.2, 0) is 22.9 Å². The van der Waals surface area contributed by atoms with Crippen LogP contribution in [0.4, 0.5) is 11.4 Å². The predicted octanol–water partition coefficient (Wildman–Crippen LogP) is 4.74. The molecule has 0 aliphatic heterocycles. The number of aldehydes is 1. The quantitative estimate of drug-likeness (QED) is 0.533. The van der Waals surface area contributed by atoms with Crippen molar-refractivity contribution in [2.45, 2.75) is 37.5 Å². The van der Waals surface area contributed by atoms with E-state index in [1.165, 1.54) is 18.2 Å². The molecule has 7 heteroatoms. The van der Waals surface area contributed by atoms with Crippen molar-refractivity contribution in [2.24, 2.45) is 0 Å². The van der Waals surface area contributed by atoms with Crippen molar-refractivity contribution < 1.29 is 18.0 Å². The maximum absolute atomic E-state index is 13.1. The molecule has 32 heavy (non-hydrogen) atoms. The van der Waals surface area contributed by atoms with E-state index in [1.54, 1.807) is 36.4 Å². The lowest BCUT2D eigenvalue weighted by atomic mass is 9.87. The van der Waals surface area contributed by atoms with E-state index in [0.717, 1.165) is 48.7 Å². The standard InChI is InChI=1S/C25H24N2O4S/c1-17-10-13-19(14-11-17)32(30,31)27-24-9-5-4-8-21(24)25(29)26-23-15-12-18-6-2-3-7-20(18)22(23)16-28/h4-5,8-16,27H,2-3,6-7H2,1H3,(H,26,29). The van der Waals surface area contributed by atoms with E-state index in [0.29, 0.717) is 11.3 Å². The fourth-order valence-electron chi connectivity index (χ4n) is 3.98. The maximum atomic E-state index is 13.1. The number of anilines is 2. The summed E-state index contributed by atoms with van der Waals surface area (Å²) in [5.41, 5.74) is 4.32. The number of fused-ring (bicyclic) bond motifs is 1. The summed E-state index contributed by atoms with van der Waals surface area (Å²) < 4.78 is 28.1. The molecule has 3 aromatic rings. The van der Waals surface area contributed by atoms with Crippen LogP contribution in [0.25, 0.3) is 0 Å². The van der Waals surface area contributed by atoms with Gasteiger partial charge in [0.15, 0.2) is 6.29 Å². The summed E-state index contributed by atoms with van der Waals surface area (Å²) in [6, 6.07) is 16.5. The largest absolute Gasteiger partial charge is 0.321 e. The second-order valence-corrected chi connectivity index (χ2v) is 9.59. The molecule has 0 spiro atoms. The molecule has 0 fully saturated rings. The fraction of sp³-hybridized carbons (Fsp3) is 0.200. The van der Waals surface area contributed by atoms with Crippen molar-refractivity contribution in [2.75, 3.05) is 10.0 Å². The maximum Gasteiger partial charge on any atom is 0.261 e. The number of sulfonamides is 1. The van der Waals surface area contributed by atoms with Crippen molar-refractivity contribution >= 4 is 33.6 Å². The number of rotatable bonds is 6. The van der Waals surface area contributed by atoms with Crippen LogP contribution in [0, 0.1) is 6.92 Å². The average Bonchev–Trinajstić information content (AvgIpc) is 2.79. The van der Waals surface area contributed by atoms with Gasteiger partial charge in [0.25, 0.3) is 15.9 Å². The molecule has 0 heterocycles. The highest BCUT2D eigenvalue weighted by atomic mass is 32.2. The Morgan fingerprint density at radius 3 is 2.38 bits per heavy atom. The average molecular weight is 449 g/mol. The lowest BCUT2D eigenvalue weighted by Gasteiger charge is -2.20. The van der Waals surface area contributed by atoms with Gasteiger partial charge in [-0.3, -0.25) is 14.3 Å². The van der Waals surface area contributed by atoms with Crippen LogP contribution in [0.5, 0.6) is 0 Å². The minimum Gasteiger partial charge on any atom is -0.321 e. The summed E-state index contributed by atoms with van der Waals surface area (Å²) in [6.45, 7) is 1.87. The minimum absolute atomic E-state index is 0.108. The van der Waals surface area contributed by atoms with Crippen LogP contribution < -0.4 is 10.0 Å². The summed E-state index contributed by atoms with van der Waals surface area (Å²) in [4.78, 5) is 25.0. The van der Waals surface area contributed by atoms with Gasteiger partial charge < -0.3 is 5.32 Å². The number of benzene rings is 3. The van der Waals surface area contributed by atoms with Gasteiger partial charge in [0.1, 0.15) is 0 Å². The van der Waals surface area contributed by atoms with Gasteiger partial charge in [-0.05, 0) is 74.1 Å². The molecule has 1 aliphatic rings. The molecule has 0 atom stereocenters. The molecule has 0 aromatic heterocycles. The summed E-state index contributed by atoms with van der Waals surface area (Å²) in [6.07, 6.45) is 4.61. The molecular formula is C25H24N2O4S. The molecule has 3 aromatic carbocycles. The Labute approximate surface area is 187 Å². The summed E-state index contributed by atoms with van der Waals surface area (Å²) in [7, 11) is -3.87. The van der Waals surface area contributed by atoms with Gasteiger partial charge >= 0.3 is 0 Å². The Morgan fingerprint density at radius 2 is 1.62 bits per heavy atom. The van der Waals surface area contributed by atoms with Gasteiger partial charge in [-0.2, -0.15) is 0 Å². The summed E-state index contributed by atoms with van der Waals surface area (Å²) in [5.74, 6) is -0.494. The lowest BCUT2D eigenvalue weighted by Crippen LogP contribution is -2.19. The van der Waals surface area contributed by atoms with Gasteiger partial charge in [-0.1, -0.05) is 35.9 Å². The molecular weight excluding hydrogens is 424 g/mol. The smallest absolute Gasteiger partial charge is 0.261 e. The molecule has 164 valence electrons. The summed E-state index contributed by atoms with van der Waals surface area (Å²) in [5, 5.41) is 2.80. The Kier molecular flexibility index (Phi) is 6.10. The van der Waals surface area contributed by atoms with Crippen LogP contribution in [0.2, 0.25) is 0 Å². The van der Waals surface area contributed by atoms with E-state index in [1.807, 2.05) is 13.0 Å². The van der Waals surface area contributed by atoms with Gasteiger partial charge in [-0.15, -0.1) is 0 Å². The molecule has 1 amide bonds. The van der Waals surface area contributed by atoms with Crippen molar-refractivity contribution in [3.63, 3.8) is 0 Å². The van der Waals surface area contributed by atoms with Gasteiger partial charge in [0.2, 0.25) is 0 Å². The van der Waals surface area contributed by atoms with Crippen LogP contribution in [0.3, 0.4) is 0 Å². The van der Waals surface area contributed by atoms with Crippen LogP contribution in [0.1, 0.15) is 50.2 Å². The Hall–Kier alpha value is -3.45. The first-order valence-electron chi connectivity index (χ1n) is 10.5. The zero-order valence-corrected chi connectivity index (χ0v) is 18.5. The number of carbonyl (C=O) groups excluding carboxylic acids is 2. The highest BCUT2D eigenvalue weighted by Gasteiger charge is 2.21. The second kappa shape index (κ2) is 8.96. The molecule has 0 radical (unpaired) electrons. The first-order chi connectivity index (χ1) is 15.4. The molecule has 0 saturated heterocycles. The van der Waals surface area contributed by atoms with Crippen molar-refractivity contribution in [1.82, 2.24) is 0 Å². The Balaban J connectivity index is 1.63. The fourth-order valence-corrected chi connectivity index (χ4v) is 5.06. The number of hydrogen-bond acceptors (Lipinski definition) is 4. The Morgan fingerprint density at radius 1 is 0.906 bits per heavy atom. The van der Waals surface area contributed by atoms with Gasteiger partial charge in [0, 0.05) is 5.56 Å². The van der Waals surface area contributed by atoms with Gasteiger partial charge in [-0.25, -0.2) is 8.42 Å². The number of nitrogens with one attached hydrogen (secondary N) is 2. The molecule has 0 saturated carbocycles. The van der Waals surface area contributed by atoms with Crippen LogP contribution in [-0.4, -0.2) is 20.6 Å². The monoisotopic (exact) mass is 448 g/mol. The summed E-state index contributed by atoms with van der Waals surface area (Å²) >= 11 is 0. The number of para-hydroxylation sites is 1. The van der Waals surface area contributed by atoms with E-state index < -0.39 is 15.9 Å². The third kappa shape index (κ3) is 4.43. The zero-order valence-electron chi connectivity index (χ0n) is 17.7. The SMILES string of the molecule is Cc1ccc(S(=O)(=O)Nc2ccccc2C(=O)Nc2ccc3c(c2C=O)CCCC3)cc1. The molecule has 1 aliphatic carbocycles. The zero-order chi connectivity index (χ0) is 22.7. The predicted molar refractivity (Wildman–Crippen MR) is 125 cm³/mol. The van der Waals surface area contributed by atoms with Crippen molar-refractivity contribution in [3.8, 4) is 0 Å². The van der Waals surface area contributed by atoms with Gasteiger partial charge in [0.05, 0.1) is 21.8 Å². The highest BCUT2D eigenvalue weighted by Crippen LogP contribution is 2.29. The molecule has 6 nitrogen and oxygen atoms in total. The van der Waals surface area contributed by atoms with E-state index in [9.17, 15) is 18.0 Å². The molecule has 2 N–H and O–H groups in total. The van der Waals surface area contributed by atoms with Crippen molar-refractivity contribution in [3.05, 3.63) is 88.5 Å². The Bertz CT molecular complexity index is 1280. The number of carbonyl (C=O) groups is 2. The number of amides is 1. The molecule has 0 unspecified atom stereocenters. The minimum atomic E-state index is -3.87. The third-order valence-electron chi connectivity index (χ3n) is 5.69. The highest BCUT2D eigenvalue weighted by molar-refractivity contribution is 7.92. The topological polar surface area (TPSA) is 92.3 Å². The number of hydrogen-bond donors (Lipinski definition) is 2. The van der Waals surface area contributed by atoms with E-state index in [4.69, 9.17) is 0 Å². The second-order valence-electron chi connectivity index (χ2n) is 7.91. The molecule has 0 bridgehead atoms. The van der Waals surface area contributed by atoms with Crippen LogP contribution in [0.15, 0.2) is 65.6 Å². The normalized spacial score (nSPS) is 13.2. The molecule has 4 rings (SSSR count). The lowest BCUT2D eigenvalue weighted by molar-refractivity contribution is 0.102. The van der Waals surface area contributed by atoms with Crippen molar-refractivity contribution in [1.29, 1.82) is 0 Å². The van der Waals surface area contributed by atoms with E-state index in [2.05, 4.69) is 10.0 Å². The third-order valence-corrected chi connectivity index (χ3v) is 7.07. The number of aryl methyl sites for hydroxylation is 2. The van der Waals surface area contributed by atoms with E-state index in [-0.39, 0.29) is 16.1 Å². The first kappa shape index (κ1) is 21.8.